The number of nitrogens with one attached hydrogen (secondary N) is 1. The van der Waals surface area contributed by atoms with Gasteiger partial charge in [0.05, 0.1) is 17.9 Å². The number of hydrogen-bond acceptors (Lipinski definition) is 5. The fourth-order valence-corrected chi connectivity index (χ4v) is 3.49. The third kappa shape index (κ3) is 4.61. The number of nitrogens with zero attached hydrogens (tertiary/aromatic N) is 3. The molecule has 0 saturated carbocycles. The van der Waals surface area contributed by atoms with Crippen LogP contribution in [0.3, 0.4) is 0 Å². The van der Waals surface area contributed by atoms with Gasteiger partial charge in [-0.2, -0.15) is 0 Å². The molecule has 0 unspecified atom stereocenters. The molecule has 3 rings (SSSR count). The molecule has 6 nitrogen and oxygen atoms in total. The number of thioether (sulfide) groups is 1. The third-order valence-corrected chi connectivity index (χ3v) is 5.04. The number of methoxy groups -OCH3 is 1. The van der Waals surface area contributed by atoms with E-state index in [1.165, 1.54) is 18.9 Å². The van der Waals surface area contributed by atoms with Gasteiger partial charge in [0.2, 0.25) is 5.91 Å². The second kappa shape index (κ2) is 8.92. The molecular weight excluding hydrogens is 384 g/mol. The molecule has 140 valence electrons. The topological polar surface area (TPSA) is 69.0 Å². The van der Waals surface area contributed by atoms with Crippen LogP contribution < -0.4 is 10.1 Å². The van der Waals surface area contributed by atoms with Crippen LogP contribution in [-0.2, 0) is 11.2 Å². The number of amides is 1. The van der Waals surface area contributed by atoms with Gasteiger partial charge in [0.1, 0.15) is 11.6 Å². The molecule has 0 spiro atoms. The number of anilines is 1. The second-order valence-electron chi connectivity index (χ2n) is 5.61. The van der Waals surface area contributed by atoms with Gasteiger partial charge in [-0.05, 0) is 24.3 Å². The zero-order valence-corrected chi connectivity index (χ0v) is 16.5. The normalized spacial score (nSPS) is 10.6. The van der Waals surface area contributed by atoms with Crippen molar-refractivity contribution in [2.75, 3.05) is 18.2 Å². The molecule has 0 bridgehead atoms. The molecule has 8 heteroatoms. The van der Waals surface area contributed by atoms with E-state index in [0.717, 1.165) is 17.9 Å². The minimum atomic E-state index is -0.148. The maximum Gasteiger partial charge on any atom is 0.234 e. The number of aromatic nitrogens is 3. The van der Waals surface area contributed by atoms with Crippen molar-refractivity contribution < 1.29 is 9.53 Å². The largest absolute Gasteiger partial charge is 0.495 e. The highest BCUT2D eigenvalue weighted by atomic mass is 35.5. The number of carbonyl (C=O) groups excluding carboxylic acids is 1. The number of hydrogen-bond donors (Lipinski definition) is 1. The SMILES string of the molecule is CCc1nnc(SCC(=O)Nc2ccc(Cl)c(OC)c2)n1-c1ccccc1. The Kier molecular flexibility index (Phi) is 6.36. The first kappa shape index (κ1) is 19.3. The zero-order chi connectivity index (χ0) is 19.2. The smallest absolute Gasteiger partial charge is 0.234 e. The standard InChI is InChI=1S/C19H19ClN4O2S/c1-3-17-22-23-19(24(17)14-7-5-4-6-8-14)27-12-18(25)21-13-9-10-15(20)16(11-13)26-2/h4-11H,3,12H2,1-2H3,(H,21,25). The Hall–Kier alpha value is -2.51. The molecule has 27 heavy (non-hydrogen) atoms. The summed E-state index contributed by atoms with van der Waals surface area (Å²) < 4.78 is 7.14. The van der Waals surface area contributed by atoms with E-state index in [4.69, 9.17) is 16.3 Å². The molecule has 0 saturated heterocycles. The Morgan fingerprint density at radius 1 is 1.22 bits per heavy atom. The summed E-state index contributed by atoms with van der Waals surface area (Å²) in [5, 5.41) is 12.5. The van der Waals surface area contributed by atoms with Gasteiger partial charge in [-0.1, -0.05) is 48.5 Å². The summed E-state index contributed by atoms with van der Waals surface area (Å²) in [4.78, 5) is 12.3. The van der Waals surface area contributed by atoms with Crippen molar-refractivity contribution in [3.63, 3.8) is 0 Å². The molecule has 1 N–H and O–H groups in total. The molecule has 3 aromatic rings. The first-order chi connectivity index (χ1) is 13.1. The number of halogens is 1. The molecular formula is C19H19ClN4O2S. The van der Waals surface area contributed by atoms with Crippen molar-refractivity contribution in [2.24, 2.45) is 0 Å². The number of aryl methyl sites for hydroxylation is 1. The molecule has 0 aliphatic rings. The number of ether oxygens (including phenoxy) is 1. The Balaban J connectivity index is 1.70. The van der Waals surface area contributed by atoms with Gasteiger partial charge in [0, 0.05) is 23.9 Å². The lowest BCUT2D eigenvalue weighted by Gasteiger charge is -2.10. The molecule has 1 heterocycles. The Morgan fingerprint density at radius 2 is 2.00 bits per heavy atom. The van der Waals surface area contributed by atoms with Crippen LogP contribution >= 0.6 is 23.4 Å². The van der Waals surface area contributed by atoms with Crippen LogP contribution in [0, 0.1) is 0 Å². The number of benzene rings is 2. The summed E-state index contributed by atoms with van der Waals surface area (Å²) in [6, 6.07) is 15.0. The van der Waals surface area contributed by atoms with Crippen LogP contribution in [0.2, 0.25) is 5.02 Å². The van der Waals surface area contributed by atoms with Gasteiger partial charge >= 0.3 is 0 Å². The highest BCUT2D eigenvalue weighted by Gasteiger charge is 2.15. The maximum absolute atomic E-state index is 12.3. The van der Waals surface area contributed by atoms with Gasteiger partial charge in [0.25, 0.3) is 0 Å². The summed E-state index contributed by atoms with van der Waals surface area (Å²) in [6.45, 7) is 2.03. The van der Waals surface area contributed by atoms with E-state index in [1.54, 1.807) is 18.2 Å². The van der Waals surface area contributed by atoms with E-state index in [2.05, 4.69) is 15.5 Å². The molecule has 1 amide bonds. The lowest BCUT2D eigenvalue weighted by Crippen LogP contribution is -2.14. The van der Waals surface area contributed by atoms with Crippen LogP contribution in [0.25, 0.3) is 5.69 Å². The van der Waals surface area contributed by atoms with E-state index in [1.807, 2.05) is 41.8 Å². The summed E-state index contributed by atoms with van der Waals surface area (Å²) >= 11 is 7.34. The fraction of sp³-hybridized carbons (Fsp3) is 0.211. The lowest BCUT2D eigenvalue weighted by molar-refractivity contribution is -0.113. The fourth-order valence-electron chi connectivity index (χ4n) is 2.52. The monoisotopic (exact) mass is 402 g/mol. The van der Waals surface area contributed by atoms with E-state index in [9.17, 15) is 4.79 Å². The first-order valence-corrected chi connectivity index (χ1v) is 9.74. The quantitative estimate of drug-likeness (QED) is 0.599. The van der Waals surface area contributed by atoms with Gasteiger partial charge in [-0.3, -0.25) is 9.36 Å². The Labute approximate surface area is 166 Å². The summed E-state index contributed by atoms with van der Waals surface area (Å²) in [7, 11) is 1.53. The van der Waals surface area contributed by atoms with Crippen LogP contribution in [0.5, 0.6) is 5.75 Å². The van der Waals surface area contributed by atoms with E-state index >= 15 is 0 Å². The minimum Gasteiger partial charge on any atom is -0.495 e. The van der Waals surface area contributed by atoms with Crippen molar-refractivity contribution in [1.29, 1.82) is 0 Å². The van der Waals surface area contributed by atoms with Crippen LogP contribution in [0.1, 0.15) is 12.7 Å². The van der Waals surface area contributed by atoms with Crippen molar-refractivity contribution in [1.82, 2.24) is 14.8 Å². The van der Waals surface area contributed by atoms with Crippen molar-refractivity contribution in [3.8, 4) is 11.4 Å². The summed E-state index contributed by atoms with van der Waals surface area (Å²) in [5.74, 6) is 1.43. The predicted molar refractivity (Wildman–Crippen MR) is 108 cm³/mol. The summed E-state index contributed by atoms with van der Waals surface area (Å²) in [6.07, 6.45) is 0.749. The molecule has 0 aliphatic heterocycles. The molecule has 1 aromatic heterocycles. The summed E-state index contributed by atoms with van der Waals surface area (Å²) in [5.41, 5.74) is 1.60. The van der Waals surface area contributed by atoms with E-state index < -0.39 is 0 Å². The van der Waals surface area contributed by atoms with E-state index in [-0.39, 0.29) is 11.7 Å². The van der Waals surface area contributed by atoms with E-state index in [0.29, 0.717) is 21.6 Å². The van der Waals surface area contributed by atoms with Gasteiger partial charge in [-0.15, -0.1) is 10.2 Å². The van der Waals surface area contributed by atoms with Gasteiger partial charge in [-0.25, -0.2) is 0 Å². The number of para-hydroxylation sites is 1. The average Bonchev–Trinajstić information content (AvgIpc) is 3.11. The first-order valence-electron chi connectivity index (χ1n) is 8.38. The van der Waals surface area contributed by atoms with Crippen LogP contribution in [0.4, 0.5) is 5.69 Å². The average molecular weight is 403 g/mol. The predicted octanol–water partition coefficient (Wildman–Crippen LogP) is 4.22. The molecule has 0 aliphatic carbocycles. The van der Waals surface area contributed by atoms with Crippen molar-refractivity contribution in [3.05, 3.63) is 59.4 Å². The molecule has 2 aromatic carbocycles. The lowest BCUT2D eigenvalue weighted by atomic mass is 10.3. The third-order valence-electron chi connectivity index (χ3n) is 3.80. The van der Waals surface area contributed by atoms with Crippen LogP contribution in [-0.4, -0.2) is 33.5 Å². The number of carbonyl (C=O) groups is 1. The Bertz CT molecular complexity index is 931. The van der Waals surface area contributed by atoms with Crippen molar-refractivity contribution in [2.45, 2.75) is 18.5 Å². The highest BCUT2D eigenvalue weighted by Crippen LogP contribution is 2.28. The molecule has 0 fully saturated rings. The Morgan fingerprint density at radius 3 is 2.70 bits per heavy atom. The number of rotatable bonds is 7. The zero-order valence-electron chi connectivity index (χ0n) is 15.0. The molecule has 0 radical (unpaired) electrons. The van der Waals surface area contributed by atoms with Gasteiger partial charge < -0.3 is 10.1 Å². The second-order valence-corrected chi connectivity index (χ2v) is 6.96. The highest BCUT2D eigenvalue weighted by molar-refractivity contribution is 7.99. The van der Waals surface area contributed by atoms with Crippen LogP contribution in [0.15, 0.2) is 53.7 Å². The maximum atomic E-state index is 12.3. The molecule has 0 atom stereocenters. The minimum absolute atomic E-state index is 0.148. The van der Waals surface area contributed by atoms with Gasteiger partial charge in [0.15, 0.2) is 5.16 Å². The van der Waals surface area contributed by atoms with Crippen molar-refractivity contribution >= 4 is 35.0 Å².